The third-order valence-corrected chi connectivity index (χ3v) is 2.96. The molecule has 1 N–H and O–H groups in total. The molecule has 0 fully saturated rings. The normalized spacial score (nSPS) is 11.6. The van der Waals surface area contributed by atoms with E-state index in [9.17, 15) is 9.59 Å². The quantitative estimate of drug-likeness (QED) is 0.877. The maximum Gasteiger partial charge on any atom is 0.317 e. The van der Waals surface area contributed by atoms with Crippen molar-refractivity contribution in [2.24, 2.45) is 0 Å². The van der Waals surface area contributed by atoms with Crippen LogP contribution < -0.4 is 5.32 Å². The van der Waals surface area contributed by atoms with Gasteiger partial charge in [0.15, 0.2) is 0 Å². The molecule has 0 aliphatic carbocycles. The molecule has 0 radical (unpaired) electrons. The van der Waals surface area contributed by atoms with Crippen LogP contribution in [0.5, 0.6) is 0 Å². The summed E-state index contributed by atoms with van der Waals surface area (Å²) in [4.78, 5) is 30.2. The van der Waals surface area contributed by atoms with Crippen LogP contribution in [-0.4, -0.2) is 54.4 Å². The zero-order valence-electron chi connectivity index (χ0n) is 11.8. The maximum absolute atomic E-state index is 12.0. The topological polar surface area (TPSA) is 65.5 Å². The summed E-state index contributed by atoms with van der Waals surface area (Å²) in [5.74, 6) is -0.139. The van der Waals surface area contributed by atoms with Crippen LogP contribution in [0.3, 0.4) is 0 Å². The Morgan fingerprint density at radius 2 is 1.84 bits per heavy atom. The van der Waals surface area contributed by atoms with Crippen LogP contribution >= 0.6 is 0 Å². The highest BCUT2D eigenvalue weighted by Crippen LogP contribution is 2.17. The van der Waals surface area contributed by atoms with Gasteiger partial charge in [-0.3, -0.25) is 9.78 Å². The van der Waals surface area contributed by atoms with Crippen molar-refractivity contribution in [3.8, 4) is 0 Å². The molecule has 1 rings (SSSR count). The lowest BCUT2D eigenvalue weighted by Crippen LogP contribution is -2.42. The molecule has 0 aromatic carbocycles. The molecule has 104 valence electrons. The molecule has 0 spiro atoms. The first-order chi connectivity index (χ1) is 8.93. The highest BCUT2D eigenvalue weighted by atomic mass is 16.2. The number of rotatable bonds is 4. The van der Waals surface area contributed by atoms with E-state index < -0.39 is 0 Å². The minimum atomic E-state index is -0.279. The first-order valence-corrected chi connectivity index (χ1v) is 6.04. The van der Waals surface area contributed by atoms with E-state index in [2.05, 4.69) is 10.3 Å². The zero-order valence-corrected chi connectivity index (χ0v) is 11.8. The second-order valence-electron chi connectivity index (χ2n) is 4.51. The molecule has 0 bridgehead atoms. The van der Waals surface area contributed by atoms with Crippen molar-refractivity contribution in [1.82, 2.24) is 20.1 Å². The average molecular weight is 264 g/mol. The van der Waals surface area contributed by atoms with E-state index >= 15 is 0 Å². The van der Waals surface area contributed by atoms with Gasteiger partial charge >= 0.3 is 6.03 Å². The van der Waals surface area contributed by atoms with Crippen LogP contribution in [0.15, 0.2) is 24.5 Å². The van der Waals surface area contributed by atoms with Gasteiger partial charge in [0.05, 0.1) is 12.6 Å². The maximum atomic E-state index is 12.0. The predicted molar refractivity (Wildman–Crippen MR) is 72.5 cm³/mol. The number of hydrogen-bond acceptors (Lipinski definition) is 3. The molecular weight excluding hydrogens is 244 g/mol. The second kappa shape index (κ2) is 6.72. The van der Waals surface area contributed by atoms with E-state index in [0.29, 0.717) is 0 Å². The summed E-state index contributed by atoms with van der Waals surface area (Å²) in [5, 5.41) is 2.55. The van der Waals surface area contributed by atoms with Gasteiger partial charge in [-0.2, -0.15) is 0 Å². The van der Waals surface area contributed by atoms with Crippen LogP contribution in [-0.2, 0) is 4.79 Å². The van der Waals surface area contributed by atoms with E-state index in [-0.39, 0.29) is 24.5 Å². The van der Waals surface area contributed by atoms with Gasteiger partial charge in [-0.1, -0.05) is 0 Å². The molecule has 0 saturated carbocycles. The van der Waals surface area contributed by atoms with Gasteiger partial charge in [0, 0.05) is 33.5 Å². The van der Waals surface area contributed by atoms with Gasteiger partial charge in [-0.15, -0.1) is 0 Å². The second-order valence-corrected chi connectivity index (χ2v) is 4.51. The molecule has 0 saturated heterocycles. The molecule has 1 aromatic rings. The van der Waals surface area contributed by atoms with Gasteiger partial charge in [0.2, 0.25) is 5.91 Å². The van der Waals surface area contributed by atoms with Gasteiger partial charge < -0.3 is 15.1 Å². The summed E-state index contributed by atoms with van der Waals surface area (Å²) in [7, 11) is 4.97. The van der Waals surface area contributed by atoms with Crippen molar-refractivity contribution in [3.63, 3.8) is 0 Å². The van der Waals surface area contributed by atoms with E-state index in [1.807, 2.05) is 19.1 Å². The van der Waals surface area contributed by atoms with Gasteiger partial charge in [-0.25, -0.2) is 4.79 Å². The number of likely N-dealkylation sites (N-methyl/N-ethyl adjacent to an activating group) is 1. The van der Waals surface area contributed by atoms with E-state index in [0.717, 1.165) is 5.56 Å². The third-order valence-electron chi connectivity index (χ3n) is 2.96. The van der Waals surface area contributed by atoms with Gasteiger partial charge in [-0.05, 0) is 24.6 Å². The lowest BCUT2D eigenvalue weighted by atomic mass is 10.1. The Morgan fingerprint density at radius 3 is 2.37 bits per heavy atom. The molecule has 6 nitrogen and oxygen atoms in total. The van der Waals surface area contributed by atoms with Crippen LogP contribution in [0.2, 0.25) is 0 Å². The Labute approximate surface area is 113 Å². The Hall–Kier alpha value is -2.11. The van der Waals surface area contributed by atoms with E-state index in [1.54, 1.807) is 38.4 Å². The van der Waals surface area contributed by atoms with Crippen molar-refractivity contribution >= 4 is 11.9 Å². The van der Waals surface area contributed by atoms with Gasteiger partial charge in [0.25, 0.3) is 0 Å². The number of urea groups is 1. The monoisotopic (exact) mass is 264 g/mol. The molecule has 0 unspecified atom stereocenters. The number of carbonyl (C=O) groups is 2. The summed E-state index contributed by atoms with van der Waals surface area (Å²) in [5.41, 5.74) is 1.00. The molecule has 19 heavy (non-hydrogen) atoms. The minimum Gasteiger partial charge on any atom is -0.337 e. The minimum absolute atomic E-state index is 0.0110. The Balaban J connectivity index is 2.55. The Morgan fingerprint density at radius 1 is 1.26 bits per heavy atom. The fraction of sp³-hybridized carbons (Fsp3) is 0.462. The average Bonchev–Trinajstić information content (AvgIpc) is 2.43. The zero-order chi connectivity index (χ0) is 14.4. The predicted octanol–water partition coefficient (Wildman–Crippen LogP) is 0.872. The lowest BCUT2D eigenvalue weighted by Gasteiger charge is -2.25. The number of aromatic nitrogens is 1. The summed E-state index contributed by atoms with van der Waals surface area (Å²) in [6.07, 6.45) is 3.38. The van der Waals surface area contributed by atoms with E-state index in [4.69, 9.17) is 0 Å². The highest BCUT2D eigenvalue weighted by molar-refractivity contribution is 5.83. The third kappa shape index (κ3) is 4.24. The van der Waals surface area contributed by atoms with Crippen LogP contribution in [0.4, 0.5) is 4.79 Å². The first-order valence-electron chi connectivity index (χ1n) is 6.04. The fourth-order valence-electron chi connectivity index (χ4n) is 1.52. The molecule has 3 amide bonds. The van der Waals surface area contributed by atoms with Crippen molar-refractivity contribution in [3.05, 3.63) is 30.1 Å². The van der Waals surface area contributed by atoms with Crippen molar-refractivity contribution < 1.29 is 9.59 Å². The van der Waals surface area contributed by atoms with Crippen molar-refractivity contribution in [2.75, 3.05) is 27.7 Å². The van der Waals surface area contributed by atoms with Crippen LogP contribution in [0, 0.1) is 0 Å². The number of amides is 3. The van der Waals surface area contributed by atoms with E-state index in [1.165, 1.54) is 4.90 Å². The molecule has 0 aliphatic rings. The highest BCUT2D eigenvalue weighted by Gasteiger charge is 2.17. The lowest BCUT2D eigenvalue weighted by molar-refractivity contribution is -0.130. The number of nitrogens with zero attached hydrogens (tertiary/aromatic N) is 3. The van der Waals surface area contributed by atoms with Crippen molar-refractivity contribution in [1.29, 1.82) is 0 Å². The molecule has 1 atom stereocenters. The standard InChI is InChI=1S/C13H20N4O2/c1-10(11-5-7-14-8-6-11)17(4)12(18)9-15-13(19)16(2)3/h5-8,10H,9H2,1-4H3,(H,15,19)/t10-/m1/s1. The number of nitrogens with one attached hydrogen (secondary N) is 1. The smallest absolute Gasteiger partial charge is 0.317 e. The van der Waals surface area contributed by atoms with Crippen LogP contribution in [0.25, 0.3) is 0 Å². The fourth-order valence-corrected chi connectivity index (χ4v) is 1.52. The Kier molecular flexibility index (Phi) is 5.29. The van der Waals surface area contributed by atoms with Crippen LogP contribution in [0.1, 0.15) is 18.5 Å². The molecule has 1 heterocycles. The SMILES string of the molecule is C[C@H](c1ccncc1)N(C)C(=O)CNC(=O)N(C)C. The number of hydrogen-bond donors (Lipinski definition) is 1. The molecular formula is C13H20N4O2. The summed E-state index contributed by atoms with van der Waals surface area (Å²) in [6, 6.07) is 3.39. The Bertz CT molecular complexity index is 434. The molecule has 6 heteroatoms. The first kappa shape index (κ1) is 14.9. The summed E-state index contributed by atoms with van der Waals surface area (Å²) in [6.45, 7) is 1.92. The summed E-state index contributed by atoms with van der Waals surface area (Å²) < 4.78 is 0. The number of pyridine rings is 1. The number of carbonyl (C=O) groups excluding carboxylic acids is 2. The summed E-state index contributed by atoms with van der Waals surface area (Å²) >= 11 is 0. The van der Waals surface area contributed by atoms with Gasteiger partial charge in [0.1, 0.15) is 0 Å². The van der Waals surface area contributed by atoms with Crippen molar-refractivity contribution in [2.45, 2.75) is 13.0 Å². The molecule has 1 aromatic heterocycles. The largest absolute Gasteiger partial charge is 0.337 e. The molecule has 0 aliphatic heterocycles.